The molecule has 1 rings (SSSR count). The number of hydrogen-bond donors (Lipinski definition) is 2. The van der Waals surface area contributed by atoms with Crippen LogP contribution in [-0.2, 0) is 105 Å². The molecule has 1 aliphatic heterocycles. The number of unbranched alkanes of at least 4 members (excludes halogenated alkanes) is 28. The fraction of sp³-hybridized carbons (Fsp3) is 0.846. The van der Waals surface area contributed by atoms with E-state index in [2.05, 4.69) is 38.3 Å². The van der Waals surface area contributed by atoms with Gasteiger partial charge in [0.25, 0.3) is 0 Å². The monoisotopic (exact) mass is 1480 g/mol. The highest BCUT2D eigenvalue weighted by Gasteiger charge is 2.34. The Morgan fingerprint density at radius 1 is 0.240 bits per heavy atom. The van der Waals surface area contributed by atoms with E-state index in [-0.39, 0.29) is 142 Å². The van der Waals surface area contributed by atoms with Gasteiger partial charge in [0.05, 0.1) is 52.1 Å². The van der Waals surface area contributed by atoms with Crippen molar-refractivity contribution in [2.24, 2.45) is 0 Å². The minimum Gasteiger partial charge on any atom is -0.466 e. The number of hydrogen-bond acceptors (Lipinski definition) is 24. The summed E-state index contributed by atoms with van der Waals surface area (Å²) in [6, 6.07) is -2.12. The Bertz CT molecular complexity index is 2170. The van der Waals surface area contributed by atoms with Gasteiger partial charge in [0.1, 0.15) is 25.3 Å². The first-order chi connectivity index (χ1) is 50.5. The molecule has 104 heavy (non-hydrogen) atoms. The number of piperazine rings is 1. The molecular formula is C78H136N4O22. The molecule has 2 N–H and O–H groups in total. The van der Waals surface area contributed by atoms with E-state index in [9.17, 15) is 57.5 Å². The fourth-order valence-electron chi connectivity index (χ4n) is 11.3. The van der Waals surface area contributed by atoms with E-state index >= 15 is 0 Å². The van der Waals surface area contributed by atoms with Crippen LogP contribution in [0.4, 0.5) is 0 Å². The lowest BCUT2D eigenvalue weighted by atomic mass is 10.0. The Balaban J connectivity index is 2.62. The van der Waals surface area contributed by atoms with Gasteiger partial charge in [0, 0.05) is 77.8 Å². The summed E-state index contributed by atoms with van der Waals surface area (Å²) >= 11 is 0. The molecule has 0 spiro atoms. The number of rotatable bonds is 72. The van der Waals surface area contributed by atoms with Crippen molar-refractivity contribution in [3.8, 4) is 0 Å². The van der Waals surface area contributed by atoms with Crippen LogP contribution < -0.4 is 10.6 Å². The molecule has 26 nitrogen and oxygen atoms in total. The van der Waals surface area contributed by atoms with Gasteiger partial charge in [0.2, 0.25) is 25.4 Å². The first kappa shape index (κ1) is 95.6. The van der Waals surface area contributed by atoms with E-state index in [0.717, 1.165) is 167 Å². The number of nitrogens with zero attached hydrogens (tertiary/aromatic N) is 2. The molecule has 0 radical (unpaired) electrons. The van der Waals surface area contributed by atoms with E-state index in [0.29, 0.717) is 51.7 Å². The molecule has 0 aliphatic carbocycles. The SMILES string of the molecule is CCCCCCCC(=O)OCCCCCCCCCOC(=O)CCN(CCOC(=O)CCC1NC(=O)C(CCC(=O)OCCN(CCC(=O)OCCCCCCCCCOC(=O)CCCCCCC)CCC(=O)OCOC(=O)CCCCCCC)NC1=O)CCC(=O)OCOC(=O)CCCCCCC. The molecule has 2 unspecified atom stereocenters. The molecule has 2 amide bonds. The average molecular weight is 1480 g/mol. The highest BCUT2D eigenvalue weighted by atomic mass is 16.7. The van der Waals surface area contributed by atoms with Gasteiger partial charge in [0.15, 0.2) is 0 Å². The average Bonchev–Trinajstić information content (AvgIpc) is 0.845. The second-order valence-corrected chi connectivity index (χ2v) is 27.1. The van der Waals surface area contributed by atoms with Crippen molar-refractivity contribution in [3.05, 3.63) is 0 Å². The second-order valence-electron chi connectivity index (χ2n) is 27.1. The molecule has 2 atom stereocenters. The molecule has 0 bridgehead atoms. The van der Waals surface area contributed by atoms with Crippen molar-refractivity contribution in [2.75, 3.05) is 92.5 Å². The van der Waals surface area contributed by atoms with Gasteiger partial charge in [-0.3, -0.25) is 67.3 Å². The third kappa shape index (κ3) is 59.8. The fourth-order valence-corrected chi connectivity index (χ4v) is 11.3. The van der Waals surface area contributed by atoms with Crippen LogP contribution in [0.2, 0.25) is 0 Å². The number of amides is 2. The Kier molecular flexibility index (Phi) is 62.8. The molecule has 26 heteroatoms. The van der Waals surface area contributed by atoms with Gasteiger partial charge in [-0.2, -0.15) is 0 Å². The molecule has 1 heterocycles. The van der Waals surface area contributed by atoms with Crippen molar-refractivity contribution < 1.29 is 105 Å². The number of esters is 10. The largest absolute Gasteiger partial charge is 0.466 e. The van der Waals surface area contributed by atoms with Gasteiger partial charge < -0.3 is 58.0 Å². The second kappa shape index (κ2) is 68.4. The summed E-state index contributed by atoms with van der Waals surface area (Å²) in [6.07, 6.45) is 33.9. The Morgan fingerprint density at radius 3 is 0.712 bits per heavy atom. The van der Waals surface area contributed by atoms with Crippen LogP contribution in [0.3, 0.4) is 0 Å². The van der Waals surface area contributed by atoms with Gasteiger partial charge >= 0.3 is 59.7 Å². The van der Waals surface area contributed by atoms with Crippen LogP contribution in [0.25, 0.3) is 0 Å². The summed E-state index contributed by atoms with van der Waals surface area (Å²) in [4.78, 5) is 155. The maximum Gasteiger partial charge on any atom is 0.309 e. The molecule has 0 aromatic heterocycles. The third-order valence-electron chi connectivity index (χ3n) is 17.9. The summed E-state index contributed by atoms with van der Waals surface area (Å²) in [6.45, 7) is 9.50. The van der Waals surface area contributed by atoms with Crippen molar-refractivity contribution in [2.45, 2.75) is 335 Å². The zero-order valence-corrected chi connectivity index (χ0v) is 64.5. The summed E-state index contributed by atoms with van der Waals surface area (Å²) in [5.74, 6) is -5.71. The minimum atomic E-state index is -1.06. The summed E-state index contributed by atoms with van der Waals surface area (Å²) < 4.78 is 53.1. The predicted molar refractivity (Wildman–Crippen MR) is 392 cm³/mol. The van der Waals surface area contributed by atoms with E-state index in [1.807, 2.05) is 0 Å². The highest BCUT2D eigenvalue weighted by Crippen LogP contribution is 2.15. The Hall–Kier alpha value is -6.44. The zero-order valence-electron chi connectivity index (χ0n) is 64.5. The van der Waals surface area contributed by atoms with E-state index < -0.39 is 85.2 Å². The first-order valence-corrected chi connectivity index (χ1v) is 40.1. The van der Waals surface area contributed by atoms with Crippen LogP contribution in [0.5, 0.6) is 0 Å². The van der Waals surface area contributed by atoms with Crippen LogP contribution in [0.15, 0.2) is 0 Å². The molecule has 1 fully saturated rings. The molecule has 1 saturated heterocycles. The van der Waals surface area contributed by atoms with Crippen LogP contribution in [-0.4, -0.2) is 186 Å². The predicted octanol–water partition coefficient (Wildman–Crippen LogP) is 12.9. The quantitative estimate of drug-likeness (QED) is 0.0247. The smallest absolute Gasteiger partial charge is 0.309 e. The van der Waals surface area contributed by atoms with Gasteiger partial charge in [-0.25, -0.2) is 0 Å². The van der Waals surface area contributed by atoms with Crippen LogP contribution >= 0.6 is 0 Å². The van der Waals surface area contributed by atoms with Crippen molar-refractivity contribution >= 4 is 71.5 Å². The van der Waals surface area contributed by atoms with Crippen molar-refractivity contribution in [3.63, 3.8) is 0 Å². The number of carbonyl (C=O) groups is 12. The molecule has 0 saturated carbocycles. The number of carbonyl (C=O) groups excluding carboxylic acids is 12. The Labute approximate surface area is 622 Å². The standard InChI is InChI=1S/C78H136N4O22/c1-5-9-13-23-31-39-67(83)95-57-35-27-19-17-21-29-37-59-97-73(89)47-51-81(53-49-75(91)103-63-101-69(85)41-33-25-15-11-7-3)55-61-99-71(87)45-43-65-77(93)80-66(78(94)79-65)44-46-72(88)100-62-56-82(54-50-76(92)104-64-102-70(86)42-34-26-16-12-8-4)52-48-74(90)98-60-38-30-22-18-20-28-36-58-96-68(84)40-32-24-14-10-6-2/h65-66H,5-64H2,1-4H3,(H,79,94)(H,80,93). The normalized spacial score (nSPS) is 13.4. The summed E-state index contributed by atoms with van der Waals surface area (Å²) in [5.41, 5.74) is 0. The van der Waals surface area contributed by atoms with Crippen molar-refractivity contribution in [1.29, 1.82) is 0 Å². The van der Waals surface area contributed by atoms with Crippen LogP contribution in [0.1, 0.15) is 323 Å². The lowest BCUT2D eigenvalue weighted by Gasteiger charge is -2.29. The maximum atomic E-state index is 13.2. The Morgan fingerprint density at radius 2 is 0.442 bits per heavy atom. The zero-order chi connectivity index (χ0) is 76.1. The highest BCUT2D eigenvalue weighted by molar-refractivity contribution is 5.97. The topological polar surface area (TPSA) is 328 Å². The molecule has 0 aromatic carbocycles. The minimum absolute atomic E-state index is 0.00233. The maximum absolute atomic E-state index is 13.2. The van der Waals surface area contributed by atoms with Gasteiger partial charge in [-0.15, -0.1) is 0 Å². The third-order valence-corrected chi connectivity index (χ3v) is 17.9. The van der Waals surface area contributed by atoms with Crippen LogP contribution in [0, 0.1) is 0 Å². The summed E-state index contributed by atoms with van der Waals surface area (Å²) in [5, 5.41) is 5.24. The first-order valence-electron chi connectivity index (χ1n) is 40.1. The number of nitrogens with one attached hydrogen (secondary N) is 2. The van der Waals surface area contributed by atoms with E-state index in [1.54, 1.807) is 9.80 Å². The lowest BCUT2D eigenvalue weighted by molar-refractivity contribution is -0.169. The van der Waals surface area contributed by atoms with E-state index in [1.165, 1.54) is 25.7 Å². The molecule has 600 valence electrons. The molecular weight excluding hydrogens is 1340 g/mol. The molecule has 1 aliphatic rings. The van der Waals surface area contributed by atoms with E-state index in [4.69, 9.17) is 47.4 Å². The van der Waals surface area contributed by atoms with Gasteiger partial charge in [-0.05, 0) is 64.2 Å². The molecule has 0 aromatic rings. The summed E-state index contributed by atoms with van der Waals surface area (Å²) in [7, 11) is 0. The van der Waals surface area contributed by atoms with Gasteiger partial charge in [-0.1, -0.05) is 195 Å². The van der Waals surface area contributed by atoms with Crippen molar-refractivity contribution in [1.82, 2.24) is 20.4 Å². The lowest BCUT2D eigenvalue weighted by Crippen LogP contribution is -2.61. The number of ether oxygens (including phenoxy) is 10.